The van der Waals surface area contributed by atoms with E-state index in [0.29, 0.717) is 4.57 Å². The molecule has 1 aromatic heterocycles. The van der Waals surface area contributed by atoms with Crippen LogP contribution in [0.15, 0.2) is 21.9 Å². The van der Waals surface area contributed by atoms with E-state index in [-0.39, 0.29) is 0 Å². The number of rotatable bonds is 12. The van der Waals surface area contributed by atoms with Crippen LogP contribution in [0.3, 0.4) is 0 Å². The van der Waals surface area contributed by atoms with Gasteiger partial charge in [-0.15, -0.1) is 0 Å². The average molecular weight is 550 g/mol. The Balaban J connectivity index is 3.09. The van der Waals surface area contributed by atoms with Crippen molar-refractivity contribution >= 4 is 23.5 Å². The maximum Gasteiger partial charge on any atom is 0.490 e. The smallest absolute Gasteiger partial charge is 0.384 e. The molecule has 192 valence electrons. The zero-order chi connectivity index (χ0) is 26.0. The summed E-state index contributed by atoms with van der Waals surface area (Å²) in [6, 6.07) is -1.14. The van der Waals surface area contributed by atoms with E-state index in [9.17, 15) is 52.3 Å². The maximum absolute atomic E-state index is 14.6. The number of aromatic amines is 1. The SMILES string of the molecule is C[C@@H](n1ccc(=O)[nH]c1=O)[C@@](O)(CF)[C@H](O)[C@@](O)(F)COP(=O)(O)OP(=O)(O)OP(=O)(O)O. The van der Waals surface area contributed by atoms with Gasteiger partial charge < -0.3 is 34.9 Å². The molecule has 0 fully saturated rings. The zero-order valence-electron chi connectivity index (χ0n) is 16.2. The molecule has 0 aromatic carbocycles. The van der Waals surface area contributed by atoms with Crippen molar-refractivity contribution in [1.29, 1.82) is 0 Å². The summed E-state index contributed by atoms with van der Waals surface area (Å²) >= 11 is 0. The Morgan fingerprint density at radius 3 is 2.12 bits per heavy atom. The van der Waals surface area contributed by atoms with Crippen LogP contribution in [0, 0.1) is 0 Å². The van der Waals surface area contributed by atoms with E-state index in [1.165, 1.54) is 0 Å². The van der Waals surface area contributed by atoms with E-state index in [0.717, 1.165) is 19.2 Å². The maximum atomic E-state index is 14.6. The number of H-pyrrole nitrogens is 1. The Morgan fingerprint density at radius 1 is 1.12 bits per heavy atom. The van der Waals surface area contributed by atoms with Crippen molar-refractivity contribution in [2.45, 2.75) is 30.5 Å². The molecule has 1 heterocycles. The van der Waals surface area contributed by atoms with Crippen LogP contribution >= 0.6 is 23.5 Å². The molecule has 17 nitrogen and oxygen atoms in total. The fourth-order valence-electron chi connectivity index (χ4n) is 2.32. The molecule has 22 heteroatoms. The molecular formula is C11H19F2N2O15P3. The number of aliphatic hydroxyl groups excluding tert-OH is 1. The molecule has 8 N–H and O–H groups in total. The third kappa shape index (κ3) is 8.22. The number of hydrogen-bond donors (Lipinski definition) is 8. The van der Waals surface area contributed by atoms with E-state index >= 15 is 0 Å². The van der Waals surface area contributed by atoms with Crippen molar-refractivity contribution in [3.05, 3.63) is 33.1 Å². The number of phosphoric ester groups is 1. The van der Waals surface area contributed by atoms with Gasteiger partial charge in [-0.2, -0.15) is 8.62 Å². The highest BCUT2D eigenvalue weighted by Crippen LogP contribution is 2.66. The molecule has 0 saturated carbocycles. The van der Waals surface area contributed by atoms with Crippen LogP contribution in [0.5, 0.6) is 0 Å². The number of nitrogens with zero attached hydrogens (tertiary/aromatic N) is 1. The van der Waals surface area contributed by atoms with Crippen molar-refractivity contribution < 1.29 is 70.5 Å². The Kier molecular flexibility index (Phi) is 9.24. The van der Waals surface area contributed by atoms with Gasteiger partial charge in [-0.1, -0.05) is 0 Å². The molecule has 0 aliphatic heterocycles. The minimum absolute atomic E-state index is 0.447. The van der Waals surface area contributed by atoms with Gasteiger partial charge in [0.15, 0.2) is 0 Å². The van der Waals surface area contributed by atoms with Gasteiger partial charge in [0.1, 0.15) is 25.0 Å². The number of alkyl halides is 2. The highest BCUT2D eigenvalue weighted by Gasteiger charge is 2.55. The van der Waals surface area contributed by atoms with Crippen molar-refractivity contribution in [1.82, 2.24) is 9.55 Å². The predicted molar refractivity (Wildman–Crippen MR) is 98.8 cm³/mol. The first-order valence-corrected chi connectivity index (χ1v) is 12.7. The van der Waals surface area contributed by atoms with Crippen LogP contribution in [0.4, 0.5) is 8.78 Å². The topological polar surface area (TPSA) is 275 Å². The summed E-state index contributed by atoms with van der Waals surface area (Å²) in [7, 11) is -17.7. The van der Waals surface area contributed by atoms with Gasteiger partial charge in [0.2, 0.25) is 0 Å². The van der Waals surface area contributed by atoms with Gasteiger partial charge >= 0.3 is 29.2 Å². The molecule has 33 heavy (non-hydrogen) atoms. The molecule has 2 unspecified atom stereocenters. The highest BCUT2D eigenvalue weighted by atomic mass is 31.3. The first-order chi connectivity index (χ1) is 14.7. The lowest BCUT2D eigenvalue weighted by atomic mass is 9.86. The van der Waals surface area contributed by atoms with E-state index in [1.54, 1.807) is 4.98 Å². The summed E-state index contributed by atoms with van der Waals surface area (Å²) in [6.07, 6.45) is -2.50. The lowest BCUT2D eigenvalue weighted by Gasteiger charge is -2.40. The average Bonchev–Trinajstić information content (AvgIpc) is 2.62. The number of aromatic nitrogens is 2. The summed E-state index contributed by atoms with van der Waals surface area (Å²) in [4.78, 5) is 59.7. The van der Waals surface area contributed by atoms with Crippen molar-refractivity contribution in [3.63, 3.8) is 0 Å². The largest absolute Gasteiger partial charge is 0.490 e. The van der Waals surface area contributed by atoms with Gasteiger partial charge in [0.25, 0.3) is 11.4 Å². The van der Waals surface area contributed by atoms with Crippen molar-refractivity contribution in [2.75, 3.05) is 13.3 Å². The number of halogens is 2. The lowest BCUT2D eigenvalue weighted by Crippen LogP contribution is -2.61. The van der Waals surface area contributed by atoms with Gasteiger partial charge in [0, 0.05) is 12.3 Å². The van der Waals surface area contributed by atoms with Crippen LogP contribution in [0.2, 0.25) is 0 Å². The summed E-state index contributed by atoms with van der Waals surface area (Å²) in [6.45, 7) is -3.34. The minimum Gasteiger partial charge on any atom is -0.384 e. The Labute approximate surface area is 181 Å². The molecule has 0 spiro atoms. The molecule has 0 amide bonds. The fraction of sp³-hybridized carbons (Fsp3) is 0.636. The predicted octanol–water partition coefficient (Wildman–Crippen LogP) is -1.84. The first-order valence-electron chi connectivity index (χ1n) is 8.13. The van der Waals surface area contributed by atoms with Gasteiger partial charge in [0.05, 0.1) is 6.04 Å². The molecular weight excluding hydrogens is 531 g/mol. The highest BCUT2D eigenvalue weighted by molar-refractivity contribution is 7.66. The standard InChI is InChI=1S/C11H19F2N2O15P3/c1-6(15-3-2-7(16)14-9(15)18)10(19,4-12)8(17)11(13,20)5-28-32(24,25)30-33(26,27)29-31(21,22)23/h2-3,6,8,17,19-20H,4-5H2,1H3,(H,24,25)(H,26,27)(H,14,16,18)(H2,21,22,23)/t6-,8+,10+,11-/m1/s1. The Hall–Kier alpha value is -1.17. The van der Waals surface area contributed by atoms with E-state index < -0.39 is 71.6 Å². The molecule has 1 aromatic rings. The molecule has 0 saturated heterocycles. The summed E-state index contributed by atoms with van der Waals surface area (Å²) in [5.41, 5.74) is -5.47. The zero-order valence-corrected chi connectivity index (χ0v) is 18.8. The number of nitrogens with one attached hydrogen (secondary N) is 1. The van der Waals surface area contributed by atoms with Gasteiger partial charge in [-0.3, -0.25) is 18.9 Å². The summed E-state index contributed by atoms with van der Waals surface area (Å²) in [5.74, 6) is -4.31. The lowest BCUT2D eigenvalue weighted by molar-refractivity contribution is -0.255. The molecule has 1 rings (SSSR count). The number of phosphoric acid groups is 3. The normalized spacial score (nSPS) is 21.8. The molecule has 0 radical (unpaired) electrons. The van der Waals surface area contributed by atoms with Crippen LogP contribution < -0.4 is 11.2 Å². The van der Waals surface area contributed by atoms with Crippen LogP contribution in [0.1, 0.15) is 13.0 Å². The van der Waals surface area contributed by atoms with E-state index in [2.05, 4.69) is 13.1 Å². The van der Waals surface area contributed by atoms with Crippen LogP contribution in [-0.4, -0.2) is 75.3 Å². The first kappa shape index (κ1) is 29.9. The number of hydrogen-bond acceptors (Lipinski definition) is 11. The monoisotopic (exact) mass is 550 g/mol. The van der Waals surface area contributed by atoms with Crippen molar-refractivity contribution in [2.24, 2.45) is 0 Å². The molecule has 0 bridgehead atoms. The molecule has 0 aliphatic rings. The van der Waals surface area contributed by atoms with E-state index in [1.807, 2.05) is 0 Å². The second-order valence-electron chi connectivity index (χ2n) is 6.40. The molecule has 0 aliphatic carbocycles. The van der Waals surface area contributed by atoms with Crippen molar-refractivity contribution in [3.8, 4) is 0 Å². The fourth-order valence-corrected chi connectivity index (χ4v) is 5.36. The van der Waals surface area contributed by atoms with Crippen LogP contribution in [-0.2, 0) is 26.8 Å². The second kappa shape index (κ2) is 10.2. The van der Waals surface area contributed by atoms with Gasteiger partial charge in [-0.05, 0) is 6.92 Å². The quantitative estimate of drug-likeness (QED) is 0.133. The Morgan fingerprint density at radius 2 is 1.67 bits per heavy atom. The van der Waals surface area contributed by atoms with Crippen LogP contribution in [0.25, 0.3) is 0 Å². The summed E-state index contributed by atoms with van der Waals surface area (Å²) < 4.78 is 72.5. The number of aliphatic hydroxyl groups is 3. The third-order valence-corrected chi connectivity index (χ3v) is 7.73. The summed E-state index contributed by atoms with van der Waals surface area (Å²) in [5, 5.41) is 30.1. The second-order valence-corrected chi connectivity index (χ2v) is 10.8. The Bertz CT molecular complexity index is 1100. The van der Waals surface area contributed by atoms with Gasteiger partial charge in [-0.25, -0.2) is 27.3 Å². The molecule has 6 atom stereocenters. The third-order valence-electron chi connectivity index (χ3n) is 3.94. The minimum atomic E-state index is -5.99. The van der Waals surface area contributed by atoms with E-state index in [4.69, 9.17) is 14.7 Å².